The van der Waals surface area contributed by atoms with E-state index in [4.69, 9.17) is 4.74 Å². The molecular weight excluding hydrogens is 168 g/mol. The van der Waals surface area contributed by atoms with Gasteiger partial charge < -0.3 is 9.84 Å². The number of hydrogen-bond acceptors (Lipinski definition) is 3. The maximum absolute atomic E-state index is 9.79. The molecule has 1 aromatic rings. The Morgan fingerprint density at radius 1 is 1.69 bits per heavy atom. The summed E-state index contributed by atoms with van der Waals surface area (Å²) in [5.41, 5.74) is 0.837. The summed E-state index contributed by atoms with van der Waals surface area (Å²) in [6.07, 6.45) is 3.76. The van der Waals surface area contributed by atoms with Gasteiger partial charge in [-0.1, -0.05) is 6.92 Å². The van der Waals surface area contributed by atoms with Gasteiger partial charge in [0.25, 0.3) is 0 Å². The van der Waals surface area contributed by atoms with Crippen LogP contribution in [-0.4, -0.2) is 29.0 Å². The number of nitrogens with one attached hydrogen (secondary N) is 1. The second-order valence-electron chi connectivity index (χ2n) is 3.24. The van der Waals surface area contributed by atoms with Crippen molar-refractivity contribution >= 4 is 0 Å². The van der Waals surface area contributed by atoms with Crippen molar-refractivity contribution in [3.63, 3.8) is 0 Å². The zero-order chi connectivity index (χ0) is 9.68. The lowest BCUT2D eigenvalue weighted by Crippen LogP contribution is -2.10. The Balaban J connectivity index is 2.43. The monoisotopic (exact) mass is 184 g/mol. The van der Waals surface area contributed by atoms with E-state index in [1.165, 1.54) is 0 Å². The maximum atomic E-state index is 9.79. The van der Waals surface area contributed by atoms with Gasteiger partial charge in [0.15, 0.2) is 0 Å². The van der Waals surface area contributed by atoms with Crippen molar-refractivity contribution in [1.82, 2.24) is 10.2 Å². The molecule has 0 aliphatic heterocycles. The minimum Gasteiger partial charge on any atom is -0.388 e. The van der Waals surface area contributed by atoms with E-state index in [9.17, 15) is 5.11 Å². The molecule has 74 valence electrons. The lowest BCUT2D eigenvalue weighted by molar-refractivity contribution is 0.0886. The molecule has 1 aromatic heterocycles. The highest BCUT2D eigenvalue weighted by Crippen LogP contribution is 2.22. The van der Waals surface area contributed by atoms with Crippen molar-refractivity contribution in [1.29, 1.82) is 0 Å². The number of aromatic amines is 1. The van der Waals surface area contributed by atoms with Gasteiger partial charge in [-0.3, -0.25) is 5.10 Å². The third-order valence-corrected chi connectivity index (χ3v) is 2.18. The smallest absolute Gasteiger partial charge is 0.0846 e. The fourth-order valence-corrected chi connectivity index (χ4v) is 1.21. The van der Waals surface area contributed by atoms with Crippen molar-refractivity contribution < 1.29 is 9.84 Å². The Morgan fingerprint density at radius 2 is 2.46 bits per heavy atom. The first kappa shape index (κ1) is 10.2. The molecular formula is C9H16N2O2. The third kappa shape index (κ3) is 2.82. The molecule has 2 unspecified atom stereocenters. The quantitative estimate of drug-likeness (QED) is 0.720. The molecule has 1 heterocycles. The van der Waals surface area contributed by atoms with Crippen LogP contribution in [0.2, 0.25) is 0 Å². The van der Waals surface area contributed by atoms with E-state index in [-0.39, 0.29) is 5.92 Å². The summed E-state index contributed by atoms with van der Waals surface area (Å²) < 4.78 is 4.95. The highest BCUT2D eigenvalue weighted by molar-refractivity contribution is 5.07. The predicted molar refractivity (Wildman–Crippen MR) is 49.2 cm³/mol. The van der Waals surface area contributed by atoms with Gasteiger partial charge in [-0.05, 0) is 12.3 Å². The first-order valence-corrected chi connectivity index (χ1v) is 4.41. The Bertz CT molecular complexity index is 224. The number of ether oxygens (including phenoxy) is 1. The summed E-state index contributed by atoms with van der Waals surface area (Å²) in [5, 5.41) is 16.3. The fourth-order valence-electron chi connectivity index (χ4n) is 1.21. The second-order valence-corrected chi connectivity index (χ2v) is 3.24. The number of hydrogen-bond donors (Lipinski definition) is 2. The van der Waals surface area contributed by atoms with Crippen LogP contribution in [0.3, 0.4) is 0 Å². The number of rotatable bonds is 5. The third-order valence-electron chi connectivity index (χ3n) is 2.18. The first-order valence-electron chi connectivity index (χ1n) is 4.41. The summed E-state index contributed by atoms with van der Waals surface area (Å²) in [7, 11) is 1.66. The lowest BCUT2D eigenvalue weighted by atomic mass is 9.97. The van der Waals surface area contributed by atoms with Gasteiger partial charge in [0.2, 0.25) is 0 Å². The average Bonchev–Trinajstić information content (AvgIpc) is 2.65. The van der Waals surface area contributed by atoms with Gasteiger partial charge in [-0.25, -0.2) is 0 Å². The number of methoxy groups -OCH3 is 1. The number of aliphatic hydroxyl groups is 1. The minimum atomic E-state index is -0.450. The topological polar surface area (TPSA) is 58.1 Å². The molecule has 13 heavy (non-hydrogen) atoms. The number of nitrogens with zero attached hydrogens (tertiary/aromatic N) is 1. The molecule has 0 aliphatic rings. The minimum absolute atomic E-state index is 0.192. The van der Waals surface area contributed by atoms with E-state index in [2.05, 4.69) is 10.2 Å². The van der Waals surface area contributed by atoms with Gasteiger partial charge in [0, 0.05) is 25.5 Å². The summed E-state index contributed by atoms with van der Waals surface area (Å²) >= 11 is 0. The van der Waals surface area contributed by atoms with Crippen LogP contribution in [0.5, 0.6) is 0 Å². The van der Waals surface area contributed by atoms with Crippen LogP contribution in [0.15, 0.2) is 12.4 Å². The zero-order valence-electron chi connectivity index (χ0n) is 8.03. The largest absolute Gasteiger partial charge is 0.388 e. The first-order chi connectivity index (χ1) is 6.25. The van der Waals surface area contributed by atoms with Crippen LogP contribution >= 0.6 is 0 Å². The number of aliphatic hydroxyl groups excluding tert-OH is 1. The Hall–Kier alpha value is -0.870. The molecule has 0 fully saturated rings. The molecule has 0 aliphatic carbocycles. The van der Waals surface area contributed by atoms with Crippen LogP contribution in [0.4, 0.5) is 0 Å². The molecule has 1 rings (SSSR count). The van der Waals surface area contributed by atoms with Crippen LogP contribution in [0, 0.1) is 5.92 Å². The summed E-state index contributed by atoms with van der Waals surface area (Å²) in [4.78, 5) is 0. The van der Waals surface area contributed by atoms with Crippen molar-refractivity contribution in [2.24, 2.45) is 5.92 Å². The average molecular weight is 184 g/mol. The Morgan fingerprint density at radius 3 is 3.00 bits per heavy atom. The van der Waals surface area contributed by atoms with Crippen LogP contribution in [0.1, 0.15) is 25.0 Å². The van der Waals surface area contributed by atoms with E-state index in [0.29, 0.717) is 6.61 Å². The molecule has 2 N–H and O–H groups in total. The van der Waals surface area contributed by atoms with Crippen molar-refractivity contribution in [2.45, 2.75) is 19.4 Å². The van der Waals surface area contributed by atoms with E-state index < -0.39 is 6.10 Å². The molecule has 0 amide bonds. The normalized spacial score (nSPS) is 15.6. The predicted octanol–water partition coefficient (Wildman–Crippen LogP) is 1.12. The molecule has 0 bridgehead atoms. The van der Waals surface area contributed by atoms with Gasteiger partial charge >= 0.3 is 0 Å². The molecule has 0 aromatic carbocycles. The molecule has 0 spiro atoms. The Kier molecular flexibility index (Phi) is 3.92. The molecule has 0 saturated heterocycles. The zero-order valence-corrected chi connectivity index (χ0v) is 8.03. The van der Waals surface area contributed by atoms with Crippen LogP contribution in [-0.2, 0) is 4.74 Å². The highest BCUT2D eigenvalue weighted by Gasteiger charge is 2.16. The van der Waals surface area contributed by atoms with E-state index >= 15 is 0 Å². The summed E-state index contributed by atoms with van der Waals surface area (Å²) in [5.74, 6) is 0.192. The van der Waals surface area contributed by atoms with E-state index in [1.54, 1.807) is 19.5 Å². The van der Waals surface area contributed by atoms with Crippen molar-refractivity contribution in [3.8, 4) is 0 Å². The SMILES string of the molecule is COCCC(C)C(O)c1cn[nH]c1. The standard InChI is InChI=1S/C9H16N2O2/c1-7(3-4-13-2)9(12)8-5-10-11-6-8/h5-7,9,12H,3-4H2,1-2H3,(H,10,11). The molecule has 4 heteroatoms. The Labute approximate surface area is 77.9 Å². The molecule has 0 radical (unpaired) electrons. The highest BCUT2D eigenvalue weighted by atomic mass is 16.5. The van der Waals surface area contributed by atoms with Crippen molar-refractivity contribution in [3.05, 3.63) is 18.0 Å². The second kappa shape index (κ2) is 4.99. The molecule has 4 nitrogen and oxygen atoms in total. The number of H-pyrrole nitrogens is 1. The van der Waals surface area contributed by atoms with Gasteiger partial charge in [0.05, 0.1) is 12.3 Å². The fraction of sp³-hybridized carbons (Fsp3) is 0.667. The van der Waals surface area contributed by atoms with Gasteiger partial charge in [-0.15, -0.1) is 0 Å². The van der Waals surface area contributed by atoms with Gasteiger partial charge in [-0.2, -0.15) is 5.10 Å². The number of aromatic nitrogens is 2. The van der Waals surface area contributed by atoms with Crippen LogP contribution < -0.4 is 0 Å². The van der Waals surface area contributed by atoms with E-state index in [1.807, 2.05) is 6.92 Å². The van der Waals surface area contributed by atoms with Crippen LogP contribution in [0.25, 0.3) is 0 Å². The molecule has 0 saturated carbocycles. The van der Waals surface area contributed by atoms with Crippen molar-refractivity contribution in [2.75, 3.05) is 13.7 Å². The summed E-state index contributed by atoms with van der Waals surface area (Å²) in [6, 6.07) is 0. The van der Waals surface area contributed by atoms with Gasteiger partial charge in [0.1, 0.15) is 0 Å². The maximum Gasteiger partial charge on any atom is 0.0846 e. The van der Waals surface area contributed by atoms with E-state index in [0.717, 1.165) is 12.0 Å². The lowest BCUT2D eigenvalue weighted by Gasteiger charge is -2.16. The summed E-state index contributed by atoms with van der Waals surface area (Å²) in [6.45, 7) is 2.67. The molecule has 2 atom stereocenters.